The lowest BCUT2D eigenvalue weighted by molar-refractivity contribution is -0.140. The number of halogens is 1. The molecule has 1 atom stereocenters. The van der Waals surface area contributed by atoms with Crippen molar-refractivity contribution in [2.24, 2.45) is 0 Å². The molecule has 0 aliphatic carbocycles. The molecule has 0 spiro atoms. The van der Waals surface area contributed by atoms with Crippen LogP contribution in [0, 0.1) is 6.92 Å². The Morgan fingerprint density at radius 1 is 1.58 bits per heavy atom. The molecular weight excluding hydrogens is 314 g/mol. The maximum Gasteiger partial charge on any atom is 0.415 e. The monoisotopic (exact) mass is 327 g/mol. The highest BCUT2D eigenvalue weighted by Gasteiger charge is 2.44. The van der Waals surface area contributed by atoms with Gasteiger partial charge in [-0.15, -0.1) is 0 Å². The Morgan fingerprint density at radius 2 is 2.26 bits per heavy atom. The highest BCUT2D eigenvalue weighted by Crippen LogP contribution is 2.34. The van der Waals surface area contributed by atoms with Crippen LogP contribution in [0.15, 0.2) is 22.7 Å². The first-order valence-corrected chi connectivity index (χ1v) is 6.58. The van der Waals surface area contributed by atoms with Crippen molar-refractivity contribution in [3.8, 4) is 0 Å². The zero-order chi connectivity index (χ0) is 14.2. The van der Waals surface area contributed by atoms with E-state index in [0.717, 1.165) is 10.0 Å². The molecule has 0 radical (unpaired) electrons. The van der Waals surface area contributed by atoms with E-state index in [9.17, 15) is 9.59 Å². The molecule has 5 nitrogen and oxygen atoms in total. The second-order valence-corrected chi connectivity index (χ2v) is 5.78. The number of amides is 1. The van der Waals surface area contributed by atoms with Crippen LogP contribution >= 0.6 is 15.9 Å². The summed E-state index contributed by atoms with van der Waals surface area (Å²) in [6.07, 6.45) is -0.730. The summed E-state index contributed by atoms with van der Waals surface area (Å²) in [5.41, 5.74) is 0.758. The smallest absolute Gasteiger partial charge is 0.415 e. The van der Waals surface area contributed by atoms with Crippen LogP contribution in [0.1, 0.15) is 18.9 Å². The number of benzene rings is 1. The highest BCUT2D eigenvalue weighted by atomic mass is 79.9. The molecule has 1 aliphatic heterocycles. The van der Waals surface area contributed by atoms with E-state index in [4.69, 9.17) is 9.84 Å². The second kappa shape index (κ2) is 4.85. The number of hydrogen-bond donors (Lipinski definition) is 1. The minimum Gasteiger partial charge on any atom is -0.481 e. The standard InChI is InChI=1S/C13H14BrNO4/c1-8-3-4-10(9(14)5-8)15-7-13(2,6-11(16)17)19-12(15)18/h3-5H,6-7H2,1-2H3,(H,16,17). The highest BCUT2D eigenvalue weighted by molar-refractivity contribution is 9.10. The fourth-order valence-electron chi connectivity index (χ4n) is 2.12. The molecule has 1 aromatic rings. The van der Waals surface area contributed by atoms with Crippen LogP contribution in [0.5, 0.6) is 0 Å². The first-order chi connectivity index (χ1) is 8.81. The second-order valence-electron chi connectivity index (χ2n) is 4.93. The Hall–Kier alpha value is -1.56. The molecule has 1 aliphatic rings. The van der Waals surface area contributed by atoms with Crippen LogP contribution in [0.25, 0.3) is 0 Å². The molecule has 0 bridgehead atoms. The fourth-order valence-corrected chi connectivity index (χ4v) is 2.83. The molecule has 1 saturated heterocycles. The molecule has 102 valence electrons. The van der Waals surface area contributed by atoms with Crippen molar-refractivity contribution < 1.29 is 19.4 Å². The van der Waals surface area contributed by atoms with Gasteiger partial charge in [0.25, 0.3) is 0 Å². The summed E-state index contributed by atoms with van der Waals surface area (Å²) in [6, 6.07) is 5.60. The lowest BCUT2D eigenvalue weighted by atomic mass is 10.0. The van der Waals surface area contributed by atoms with Gasteiger partial charge < -0.3 is 9.84 Å². The summed E-state index contributed by atoms with van der Waals surface area (Å²) in [5.74, 6) is -0.986. The third-order valence-corrected chi connectivity index (χ3v) is 3.60. The zero-order valence-corrected chi connectivity index (χ0v) is 12.2. The molecule has 0 aromatic heterocycles. The van der Waals surface area contributed by atoms with Crippen LogP contribution in [0.4, 0.5) is 10.5 Å². The fraction of sp³-hybridized carbons (Fsp3) is 0.385. The third kappa shape index (κ3) is 2.89. The van der Waals surface area contributed by atoms with Gasteiger partial charge in [-0.25, -0.2) is 4.79 Å². The first-order valence-electron chi connectivity index (χ1n) is 5.79. The van der Waals surface area contributed by atoms with Crippen molar-refractivity contribution in [3.05, 3.63) is 28.2 Å². The van der Waals surface area contributed by atoms with Crippen LogP contribution in [-0.4, -0.2) is 29.3 Å². The Balaban J connectivity index is 2.27. The number of rotatable bonds is 3. The summed E-state index contributed by atoms with van der Waals surface area (Å²) in [7, 11) is 0. The maximum atomic E-state index is 11.9. The van der Waals surface area contributed by atoms with E-state index in [-0.39, 0.29) is 13.0 Å². The van der Waals surface area contributed by atoms with Gasteiger partial charge in [-0.1, -0.05) is 6.07 Å². The van der Waals surface area contributed by atoms with Gasteiger partial charge in [0.15, 0.2) is 0 Å². The lowest BCUT2D eigenvalue weighted by Crippen LogP contribution is -2.33. The van der Waals surface area contributed by atoms with Gasteiger partial charge >= 0.3 is 12.1 Å². The van der Waals surface area contributed by atoms with Gasteiger partial charge in [-0.3, -0.25) is 9.69 Å². The molecule has 2 rings (SSSR count). The topological polar surface area (TPSA) is 66.8 Å². The molecule has 1 amide bonds. The number of aliphatic carboxylic acids is 1. The number of carbonyl (C=O) groups is 2. The number of cyclic esters (lactones) is 1. The average molecular weight is 328 g/mol. The van der Waals surface area contributed by atoms with Gasteiger partial charge in [0.1, 0.15) is 5.60 Å². The van der Waals surface area contributed by atoms with Gasteiger partial charge in [0, 0.05) is 4.47 Å². The molecule has 1 heterocycles. The molecule has 1 unspecified atom stereocenters. The number of nitrogens with zero attached hydrogens (tertiary/aromatic N) is 1. The molecule has 1 aromatic carbocycles. The van der Waals surface area contributed by atoms with Gasteiger partial charge in [-0.05, 0) is 47.5 Å². The van der Waals surface area contributed by atoms with Crippen LogP contribution < -0.4 is 4.90 Å². The predicted molar refractivity (Wildman–Crippen MR) is 73.4 cm³/mol. The van der Waals surface area contributed by atoms with E-state index in [1.807, 2.05) is 25.1 Å². The van der Waals surface area contributed by atoms with Crippen molar-refractivity contribution in [3.63, 3.8) is 0 Å². The third-order valence-electron chi connectivity index (χ3n) is 2.97. The molecule has 19 heavy (non-hydrogen) atoms. The maximum absolute atomic E-state index is 11.9. The number of carboxylic acids is 1. The normalized spacial score (nSPS) is 22.5. The van der Waals surface area contributed by atoms with Crippen molar-refractivity contribution in [1.82, 2.24) is 0 Å². The number of hydrogen-bond acceptors (Lipinski definition) is 3. The minimum atomic E-state index is -0.993. The summed E-state index contributed by atoms with van der Waals surface area (Å²) >= 11 is 3.41. The Kier molecular flexibility index (Phi) is 3.54. The molecule has 0 saturated carbocycles. The summed E-state index contributed by atoms with van der Waals surface area (Å²) in [4.78, 5) is 24.2. The molecule has 6 heteroatoms. The number of anilines is 1. The van der Waals surface area contributed by atoms with E-state index < -0.39 is 17.7 Å². The SMILES string of the molecule is Cc1ccc(N2CC(C)(CC(=O)O)OC2=O)c(Br)c1. The number of carboxylic acid groups (broad SMARTS) is 1. The van der Waals surface area contributed by atoms with Gasteiger partial charge in [0.2, 0.25) is 0 Å². The van der Waals surface area contributed by atoms with E-state index >= 15 is 0 Å². The van der Waals surface area contributed by atoms with Crippen LogP contribution in [-0.2, 0) is 9.53 Å². The summed E-state index contributed by atoms with van der Waals surface area (Å²) in [5, 5.41) is 8.85. The predicted octanol–water partition coefficient (Wildman–Crippen LogP) is 2.95. The Labute approximate surface area is 119 Å². The molecule has 1 N–H and O–H groups in total. The van der Waals surface area contributed by atoms with Crippen LogP contribution in [0.2, 0.25) is 0 Å². The number of ether oxygens (including phenoxy) is 1. The van der Waals surface area contributed by atoms with Crippen molar-refractivity contribution in [2.45, 2.75) is 25.9 Å². The van der Waals surface area contributed by atoms with E-state index in [2.05, 4.69) is 15.9 Å². The Morgan fingerprint density at radius 3 is 2.84 bits per heavy atom. The van der Waals surface area contributed by atoms with Gasteiger partial charge in [0.05, 0.1) is 18.7 Å². The average Bonchev–Trinajstić information content (AvgIpc) is 2.52. The largest absolute Gasteiger partial charge is 0.481 e. The van der Waals surface area contributed by atoms with Crippen molar-refractivity contribution >= 4 is 33.7 Å². The first kappa shape index (κ1) is 13.9. The summed E-state index contributed by atoms with van der Waals surface area (Å²) in [6.45, 7) is 3.80. The summed E-state index contributed by atoms with van der Waals surface area (Å²) < 4.78 is 5.98. The van der Waals surface area contributed by atoms with E-state index in [1.54, 1.807) is 6.92 Å². The Bertz CT molecular complexity index is 545. The minimum absolute atomic E-state index is 0.210. The van der Waals surface area contributed by atoms with E-state index in [0.29, 0.717) is 5.69 Å². The molecule has 1 fully saturated rings. The lowest BCUT2D eigenvalue weighted by Gasteiger charge is -2.19. The zero-order valence-electron chi connectivity index (χ0n) is 10.6. The quantitative estimate of drug-likeness (QED) is 0.926. The van der Waals surface area contributed by atoms with Crippen molar-refractivity contribution in [2.75, 3.05) is 11.4 Å². The molecular formula is C13H14BrNO4. The van der Waals surface area contributed by atoms with Gasteiger partial charge in [-0.2, -0.15) is 0 Å². The van der Waals surface area contributed by atoms with E-state index in [1.165, 1.54) is 4.90 Å². The van der Waals surface area contributed by atoms with Crippen LogP contribution in [0.3, 0.4) is 0 Å². The number of aryl methyl sites for hydroxylation is 1. The van der Waals surface area contributed by atoms with Crippen molar-refractivity contribution in [1.29, 1.82) is 0 Å². The number of carbonyl (C=O) groups excluding carboxylic acids is 1.